The van der Waals surface area contributed by atoms with Crippen LogP contribution in [-0.2, 0) is 24.3 Å². The fourth-order valence-electron chi connectivity index (χ4n) is 3.97. The Labute approximate surface area is 216 Å². The molecule has 2 aromatic rings. The van der Waals surface area contributed by atoms with E-state index in [1.165, 1.54) is 31.9 Å². The second-order valence-electron chi connectivity index (χ2n) is 8.94. The fourth-order valence-corrected chi connectivity index (χ4v) is 6.05. The van der Waals surface area contributed by atoms with Crippen LogP contribution in [0.5, 0.6) is 0 Å². The molecule has 1 N–H and O–H groups in total. The number of amidine groups is 1. The summed E-state index contributed by atoms with van der Waals surface area (Å²) in [5, 5.41) is 2.63. The summed E-state index contributed by atoms with van der Waals surface area (Å²) in [6, 6.07) is 13.8. The van der Waals surface area contributed by atoms with Gasteiger partial charge in [0.25, 0.3) is 0 Å². The van der Waals surface area contributed by atoms with E-state index in [9.17, 15) is 18.0 Å². The van der Waals surface area contributed by atoms with Crippen LogP contribution in [0.4, 0.5) is 11.4 Å². The zero-order chi connectivity index (χ0) is 25.9. The molecule has 2 aliphatic rings. The van der Waals surface area contributed by atoms with E-state index < -0.39 is 15.3 Å². The molecule has 9 nitrogen and oxygen atoms in total. The molecule has 0 saturated carbocycles. The quantitative estimate of drug-likeness (QED) is 0.561. The van der Waals surface area contributed by atoms with E-state index in [1.807, 2.05) is 25.1 Å². The van der Waals surface area contributed by atoms with Crippen molar-refractivity contribution in [3.63, 3.8) is 0 Å². The van der Waals surface area contributed by atoms with Crippen molar-refractivity contribution >= 4 is 50.1 Å². The number of amides is 2. The second kappa shape index (κ2) is 11.1. The number of hydrogen-bond acceptors (Lipinski definition) is 7. The number of nitrogens with one attached hydrogen (secondary N) is 1. The van der Waals surface area contributed by atoms with Gasteiger partial charge in [-0.2, -0.15) is 0 Å². The lowest BCUT2D eigenvalue weighted by atomic mass is 10.2. The van der Waals surface area contributed by atoms with Crippen LogP contribution in [-0.4, -0.2) is 73.2 Å². The van der Waals surface area contributed by atoms with Gasteiger partial charge in [-0.1, -0.05) is 36.0 Å². The molecule has 0 spiro atoms. The summed E-state index contributed by atoms with van der Waals surface area (Å²) in [7, 11) is -0.700. The molecule has 2 atom stereocenters. The summed E-state index contributed by atoms with van der Waals surface area (Å²) in [6.45, 7) is 2.83. The summed E-state index contributed by atoms with van der Waals surface area (Å²) < 4.78 is 32.2. The number of nitrogens with zero attached hydrogens (tertiary/aromatic N) is 3. The van der Waals surface area contributed by atoms with Crippen molar-refractivity contribution in [2.24, 2.45) is 4.99 Å². The van der Waals surface area contributed by atoms with E-state index in [1.54, 1.807) is 29.2 Å². The molecule has 0 aliphatic carbocycles. The Kier molecular flexibility index (Phi) is 8.13. The van der Waals surface area contributed by atoms with Gasteiger partial charge in [0.15, 0.2) is 5.17 Å². The maximum Gasteiger partial charge on any atom is 0.242 e. The molecule has 192 valence electrons. The zero-order valence-corrected chi connectivity index (χ0v) is 22.1. The first-order valence-electron chi connectivity index (χ1n) is 11.7. The minimum Gasteiger partial charge on any atom is -0.376 e. The standard InChI is InChI=1S/C25H30N4O5S2/c1-17-11-12-20(36(32,33)28(2)3)14-21(17)27-25-29(16-19-10-7-13-34-19)24(31)22(35-25)15-23(30)26-18-8-5-4-6-9-18/h4-6,8-9,11-12,14,19,22H,7,10,13,15-16H2,1-3H3,(H,26,30). The summed E-state index contributed by atoms with van der Waals surface area (Å²) in [6.07, 6.45) is 1.67. The van der Waals surface area contributed by atoms with Crippen LogP contribution >= 0.6 is 11.8 Å². The maximum absolute atomic E-state index is 13.4. The van der Waals surface area contributed by atoms with Crippen LogP contribution in [0.3, 0.4) is 0 Å². The number of benzene rings is 2. The molecule has 0 radical (unpaired) electrons. The van der Waals surface area contributed by atoms with Crippen LogP contribution < -0.4 is 5.32 Å². The first-order valence-corrected chi connectivity index (χ1v) is 14.0. The van der Waals surface area contributed by atoms with Crippen molar-refractivity contribution in [2.45, 2.75) is 42.4 Å². The van der Waals surface area contributed by atoms with Gasteiger partial charge in [0.1, 0.15) is 5.25 Å². The number of hydrogen-bond donors (Lipinski definition) is 1. The first kappa shape index (κ1) is 26.3. The van der Waals surface area contributed by atoms with Crippen LogP contribution in [0, 0.1) is 6.92 Å². The van der Waals surface area contributed by atoms with Gasteiger partial charge in [-0.25, -0.2) is 17.7 Å². The number of thioether (sulfide) groups is 1. The van der Waals surface area contributed by atoms with Gasteiger partial charge < -0.3 is 10.1 Å². The van der Waals surface area contributed by atoms with E-state index in [2.05, 4.69) is 5.32 Å². The Bertz CT molecular complexity index is 1260. The smallest absolute Gasteiger partial charge is 0.242 e. The van der Waals surface area contributed by atoms with Gasteiger partial charge in [0.2, 0.25) is 21.8 Å². The number of para-hydroxylation sites is 1. The molecule has 2 aliphatic heterocycles. The lowest BCUT2D eigenvalue weighted by Gasteiger charge is -2.20. The summed E-state index contributed by atoms with van der Waals surface area (Å²) in [5.74, 6) is -0.465. The summed E-state index contributed by atoms with van der Waals surface area (Å²) >= 11 is 1.22. The molecule has 2 fully saturated rings. The number of aliphatic imine (C=N–C) groups is 1. The fraction of sp³-hybridized carbons (Fsp3) is 0.400. The Balaban J connectivity index is 1.61. The highest BCUT2D eigenvalue weighted by atomic mass is 32.2. The SMILES string of the molecule is Cc1ccc(S(=O)(=O)N(C)C)cc1N=C1SC(CC(=O)Nc2ccccc2)C(=O)N1CC1CCCO1. The molecule has 2 heterocycles. The molecule has 2 unspecified atom stereocenters. The Hall–Kier alpha value is -2.73. The molecule has 36 heavy (non-hydrogen) atoms. The third kappa shape index (κ3) is 5.97. The first-order chi connectivity index (χ1) is 17.1. The highest BCUT2D eigenvalue weighted by Crippen LogP contribution is 2.34. The molecular weight excluding hydrogens is 500 g/mol. The predicted molar refractivity (Wildman–Crippen MR) is 141 cm³/mol. The van der Waals surface area contributed by atoms with Gasteiger partial charge in [-0.05, 0) is 49.6 Å². The predicted octanol–water partition coefficient (Wildman–Crippen LogP) is 3.38. The minimum absolute atomic E-state index is 0.00648. The topological polar surface area (TPSA) is 108 Å². The van der Waals surface area contributed by atoms with E-state index in [0.29, 0.717) is 29.7 Å². The zero-order valence-electron chi connectivity index (χ0n) is 20.5. The van der Waals surface area contributed by atoms with Gasteiger partial charge in [0.05, 0.1) is 23.2 Å². The van der Waals surface area contributed by atoms with Gasteiger partial charge in [-0.15, -0.1) is 0 Å². The molecule has 2 amide bonds. The average molecular weight is 531 g/mol. The van der Waals surface area contributed by atoms with Gasteiger partial charge in [0, 0.05) is 32.8 Å². The minimum atomic E-state index is -3.65. The maximum atomic E-state index is 13.4. The normalized spacial score (nSPS) is 21.5. The largest absolute Gasteiger partial charge is 0.376 e. The van der Waals surface area contributed by atoms with Gasteiger partial charge in [-0.3, -0.25) is 14.5 Å². The van der Waals surface area contributed by atoms with Crippen LogP contribution in [0.1, 0.15) is 24.8 Å². The molecule has 4 rings (SSSR count). The molecule has 0 aromatic heterocycles. The number of aryl methyl sites for hydroxylation is 1. The number of sulfonamides is 1. The van der Waals surface area contributed by atoms with E-state index in [0.717, 1.165) is 22.7 Å². The average Bonchev–Trinajstić information content (AvgIpc) is 3.45. The van der Waals surface area contributed by atoms with Crippen molar-refractivity contribution in [3.05, 3.63) is 54.1 Å². The second-order valence-corrected chi connectivity index (χ2v) is 12.3. The van der Waals surface area contributed by atoms with Gasteiger partial charge >= 0.3 is 0 Å². The number of carbonyl (C=O) groups is 2. The number of ether oxygens (including phenoxy) is 1. The van der Waals surface area contributed by atoms with Crippen molar-refractivity contribution in [2.75, 3.05) is 32.6 Å². The van der Waals surface area contributed by atoms with Crippen LogP contribution in [0.25, 0.3) is 0 Å². The molecular formula is C25H30N4O5S2. The highest BCUT2D eigenvalue weighted by Gasteiger charge is 2.40. The number of rotatable bonds is 8. The Morgan fingerprint density at radius 2 is 1.97 bits per heavy atom. The van der Waals surface area contributed by atoms with Crippen molar-refractivity contribution in [1.29, 1.82) is 0 Å². The van der Waals surface area contributed by atoms with Crippen molar-refractivity contribution < 1.29 is 22.7 Å². The highest BCUT2D eigenvalue weighted by molar-refractivity contribution is 8.15. The monoisotopic (exact) mass is 530 g/mol. The van der Waals surface area contributed by atoms with E-state index in [-0.39, 0.29) is 29.2 Å². The third-order valence-corrected chi connectivity index (χ3v) is 9.02. The van der Waals surface area contributed by atoms with E-state index in [4.69, 9.17) is 9.73 Å². The summed E-state index contributed by atoms with van der Waals surface area (Å²) in [4.78, 5) is 32.5. The molecule has 11 heteroatoms. The Morgan fingerprint density at radius 3 is 2.64 bits per heavy atom. The van der Waals surface area contributed by atoms with Crippen LogP contribution in [0.2, 0.25) is 0 Å². The lowest BCUT2D eigenvalue weighted by molar-refractivity contribution is -0.129. The van der Waals surface area contributed by atoms with Crippen LogP contribution in [0.15, 0.2) is 58.4 Å². The number of carbonyl (C=O) groups excluding carboxylic acids is 2. The van der Waals surface area contributed by atoms with E-state index >= 15 is 0 Å². The molecule has 2 saturated heterocycles. The van der Waals surface area contributed by atoms with Crippen molar-refractivity contribution in [3.8, 4) is 0 Å². The molecule has 0 bridgehead atoms. The third-order valence-electron chi connectivity index (χ3n) is 6.03. The molecule has 2 aromatic carbocycles. The van der Waals surface area contributed by atoms with Crippen molar-refractivity contribution in [1.82, 2.24) is 9.21 Å². The lowest BCUT2D eigenvalue weighted by Crippen LogP contribution is -2.38. The Morgan fingerprint density at radius 1 is 1.22 bits per heavy atom. The summed E-state index contributed by atoms with van der Waals surface area (Å²) in [5.41, 5.74) is 1.90. The number of anilines is 1.